The summed E-state index contributed by atoms with van der Waals surface area (Å²) in [6.07, 6.45) is -0.425. The molecule has 0 N–H and O–H groups in total. The van der Waals surface area contributed by atoms with Crippen LogP contribution in [0.25, 0.3) is 0 Å². The number of carbonyl (C=O) groups excluding carboxylic acids is 2. The molecule has 1 amide bonds. The summed E-state index contributed by atoms with van der Waals surface area (Å²) >= 11 is 0. The van der Waals surface area contributed by atoms with Crippen molar-refractivity contribution < 1.29 is 28.4 Å². The van der Waals surface area contributed by atoms with E-state index in [2.05, 4.69) is 0 Å². The van der Waals surface area contributed by atoms with Gasteiger partial charge in [-0.1, -0.05) is 6.07 Å². The van der Waals surface area contributed by atoms with Gasteiger partial charge >= 0.3 is 19.2 Å². The van der Waals surface area contributed by atoms with E-state index in [9.17, 15) is 9.59 Å². The summed E-state index contributed by atoms with van der Waals surface area (Å²) in [4.78, 5) is 25.8. The quantitative estimate of drug-likeness (QED) is 0.566. The van der Waals surface area contributed by atoms with Crippen molar-refractivity contribution in [1.82, 2.24) is 0 Å². The van der Waals surface area contributed by atoms with Crippen LogP contribution in [-0.4, -0.2) is 50.1 Å². The predicted octanol–water partition coefficient (Wildman–Crippen LogP) is 3.07. The largest absolute Gasteiger partial charge is 0.494 e. The Morgan fingerprint density at radius 2 is 1.62 bits per heavy atom. The Balaban J connectivity index is 2.42. The number of rotatable bonds is 4. The van der Waals surface area contributed by atoms with Gasteiger partial charge < -0.3 is 18.8 Å². The summed E-state index contributed by atoms with van der Waals surface area (Å²) in [6.45, 7) is 13.3. The van der Waals surface area contributed by atoms with Gasteiger partial charge in [0, 0.05) is 12.7 Å². The van der Waals surface area contributed by atoms with Crippen molar-refractivity contribution in [2.24, 2.45) is 0 Å². The van der Waals surface area contributed by atoms with Crippen molar-refractivity contribution in [2.45, 2.75) is 71.7 Å². The average molecular weight is 405 g/mol. The molecule has 29 heavy (non-hydrogen) atoms. The fourth-order valence-corrected chi connectivity index (χ4v) is 2.79. The van der Waals surface area contributed by atoms with Crippen molar-refractivity contribution in [3.05, 3.63) is 23.8 Å². The third-order valence-electron chi connectivity index (χ3n) is 5.16. The molecule has 0 spiro atoms. The zero-order valence-electron chi connectivity index (χ0n) is 18.9. The van der Waals surface area contributed by atoms with Crippen LogP contribution in [-0.2, 0) is 30.0 Å². The predicted molar refractivity (Wildman–Crippen MR) is 113 cm³/mol. The Morgan fingerprint density at radius 3 is 2.10 bits per heavy atom. The molecule has 0 atom stereocenters. The number of amides is 1. The Morgan fingerprint density at radius 1 is 1.07 bits per heavy atom. The van der Waals surface area contributed by atoms with Gasteiger partial charge in [0.25, 0.3) is 0 Å². The molecule has 1 aliphatic heterocycles. The molecule has 0 aliphatic carbocycles. The Hall–Kier alpha value is -2.06. The molecular weight excluding hydrogens is 373 g/mol. The Labute approximate surface area is 173 Å². The van der Waals surface area contributed by atoms with E-state index < -0.39 is 30.0 Å². The highest BCUT2D eigenvalue weighted by atomic mass is 16.7. The minimum atomic E-state index is -0.622. The SMILES string of the molecule is COC(=O)Cc1cc(B2OC(C)(C)C(C)(C)O2)cc(N(C)C(=O)OC(C)(C)C)c1. The number of nitrogens with zero attached hydrogens (tertiary/aromatic N) is 1. The van der Waals surface area contributed by atoms with Gasteiger partial charge in [-0.3, -0.25) is 9.69 Å². The van der Waals surface area contributed by atoms with Crippen LogP contribution in [0.1, 0.15) is 54.0 Å². The molecule has 0 aromatic heterocycles. The zero-order chi connectivity index (χ0) is 22.2. The number of anilines is 1. The first-order chi connectivity index (χ1) is 13.1. The summed E-state index contributed by atoms with van der Waals surface area (Å²) in [5, 5.41) is 0. The first-order valence-corrected chi connectivity index (χ1v) is 9.68. The summed E-state index contributed by atoms with van der Waals surface area (Å²) in [6, 6.07) is 5.41. The fraction of sp³-hybridized carbons (Fsp3) is 0.619. The van der Waals surface area contributed by atoms with Gasteiger partial charge in [0.2, 0.25) is 0 Å². The third kappa shape index (κ3) is 5.51. The first-order valence-electron chi connectivity index (χ1n) is 9.68. The van der Waals surface area contributed by atoms with E-state index in [-0.39, 0.29) is 12.4 Å². The topological polar surface area (TPSA) is 74.3 Å². The molecule has 0 saturated carbocycles. The molecule has 7 nitrogen and oxygen atoms in total. The maximum absolute atomic E-state index is 12.5. The molecule has 160 valence electrons. The summed E-state index contributed by atoms with van der Waals surface area (Å²) in [5.41, 5.74) is 0.347. The number of hydrogen-bond acceptors (Lipinski definition) is 6. The van der Waals surface area contributed by atoms with Gasteiger partial charge in [-0.2, -0.15) is 0 Å². The lowest BCUT2D eigenvalue weighted by molar-refractivity contribution is -0.139. The molecule has 1 aromatic carbocycles. The minimum Gasteiger partial charge on any atom is -0.469 e. The molecule has 2 rings (SSSR count). The smallest absolute Gasteiger partial charge is 0.469 e. The number of ether oxygens (including phenoxy) is 2. The summed E-state index contributed by atoms with van der Waals surface area (Å²) < 4.78 is 22.5. The molecule has 0 unspecified atom stereocenters. The van der Waals surface area contributed by atoms with Crippen LogP contribution in [0.5, 0.6) is 0 Å². The molecule has 1 heterocycles. The van der Waals surface area contributed by atoms with Crippen molar-refractivity contribution in [3.63, 3.8) is 0 Å². The lowest BCUT2D eigenvalue weighted by Crippen LogP contribution is -2.41. The van der Waals surface area contributed by atoms with E-state index in [0.29, 0.717) is 11.3 Å². The average Bonchev–Trinajstić information content (AvgIpc) is 2.80. The van der Waals surface area contributed by atoms with Crippen LogP contribution in [0, 0.1) is 0 Å². The van der Waals surface area contributed by atoms with Gasteiger partial charge in [-0.05, 0) is 71.6 Å². The second kappa shape index (κ2) is 7.99. The van der Waals surface area contributed by atoms with Crippen LogP contribution in [0.15, 0.2) is 18.2 Å². The number of esters is 1. The molecule has 1 saturated heterocycles. The number of hydrogen-bond donors (Lipinski definition) is 0. The number of benzene rings is 1. The van der Waals surface area contributed by atoms with E-state index in [0.717, 1.165) is 5.46 Å². The molecule has 0 bridgehead atoms. The Bertz CT molecular complexity index is 768. The van der Waals surface area contributed by atoms with Gasteiger partial charge in [-0.15, -0.1) is 0 Å². The van der Waals surface area contributed by atoms with Gasteiger partial charge in [0.1, 0.15) is 5.60 Å². The van der Waals surface area contributed by atoms with Crippen LogP contribution >= 0.6 is 0 Å². The van der Waals surface area contributed by atoms with Crippen molar-refractivity contribution in [3.8, 4) is 0 Å². The lowest BCUT2D eigenvalue weighted by atomic mass is 9.77. The van der Waals surface area contributed by atoms with Crippen molar-refractivity contribution in [2.75, 3.05) is 19.1 Å². The summed E-state index contributed by atoms with van der Waals surface area (Å²) in [5.74, 6) is -0.373. The van der Waals surface area contributed by atoms with Crippen molar-refractivity contribution >= 4 is 30.3 Å². The monoisotopic (exact) mass is 405 g/mol. The van der Waals surface area contributed by atoms with Crippen LogP contribution in [0.3, 0.4) is 0 Å². The van der Waals surface area contributed by atoms with Crippen LogP contribution in [0.4, 0.5) is 10.5 Å². The highest BCUT2D eigenvalue weighted by Crippen LogP contribution is 2.36. The summed E-state index contributed by atoms with van der Waals surface area (Å²) in [7, 11) is 2.34. The maximum atomic E-state index is 12.5. The Kier molecular flexibility index (Phi) is 6.40. The van der Waals surface area contributed by atoms with E-state index in [1.54, 1.807) is 13.1 Å². The molecule has 8 heteroatoms. The molecule has 1 aliphatic rings. The zero-order valence-corrected chi connectivity index (χ0v) is 18.9. The highest BCUT2D eigenvalue weighted by molar-refractivity contribution is 6.62. The first kappa shape index (κ1) is 23.2. The van der Waals surface area contributed by atoms with Crippen LogP contribution in [0.2, 0.25) is 0 Å². The minimum absolute atomic E-state index is 0.0685. The second-order valence-corrected chi connectivity index (χ2v) is 9.31. The van der Waals surface area contributed by atoms with E-state index in [4.69, 9.17) is 18.8 Å². The highest BCUT2D eigenvalue weighted by Gasteiger charge is 2.51. The van der Waals surface area contributed by atoms with Gasteiger partial charge in [0.05, 0.1) is 24.7 Å². The third-order valence-corrected chi connectivity index (χ3v) is 5.16. The number of methoxy groups -OCH3 is 1. The normalized spacial score (nSPS) is 17.8. The standard InChI is InChI=1S/C21H32BNO6/c1-19(2,3)27-18(25)23(8)16-11-14(12-17(24)26-9)10-15(13-16)22-28-20(4,5)21(6,7)29-22/h10-11,13H,12H2,1-9H3. The van der Waals surface area contributed by atoms with E-state index >= 15 is 0 Å². The molecule has 1 fully saturated rings. The number of carbonyl (C=O) groups is 2. The van der Waals surface area contributed by atoms with E-state index in [1.165, 1.54) is 12.0 Å². The van der Waals surface area contributed by atoms with Gasteiger partial charge in [0.15, 0.2) is 0 Å². The molecular formula is C21H32BNO6. The van der Waals surface area contributed by atoms with Crippen LogP contribution < -0.4 is 10.4 Å². The lowest BCUT2D eigenvalue weighted by Gasteiger charge is -2.32. The maximum Gasteiger partial charge on any atom is 0.494 e. The fourth-order valence-electron chi connectivity index (χ4n) is 2.79. The van der Waals surface area contributed by atoms with Crippen molar-refractivity contribution in [1.29, 1.82) is 0 Å². The van der Waals surface area contributed by atoms with Gasteiger partial charge in [-0.25, -0.2) is 4.79 Å². The molecule has 1 aromatic rings. The van der Waals surface area contributed by atoms with E-state index in [1.807, 2.05) is 60.6 Å². The second-order valence-electron chi connectivity index (χ2n) is 9.31. The molecule has 0 radical (unpaired) electrons.